The molecule has 3 nitrogen and oxygen atoms in total. The summed E-state index contributed by atoms with van der Waals surface area (Å²) in [6.45, 7) is 9.23. The summed E-state index contributed by atoms with van der Waals surface area (Å²) in [5.41, 5.74) is 4.48. The molecule has 0 bridgehead atoms. The van der Waals surface area contributed by atoms with Gasteiger partial charge in [-0.1, -0.05) is 24.1 Å². The van der Waals surface area contributed by atoms with Crippen molar-refractivity contribution >= 4 is 21.7 Å². The summed E-state index contributed by atoms with van der Waals surface area (Å²) in [4.78, 5) is 9.25. The first-order valence-corrected chi connectivity index (χ1v) is 7.67. The molecule has 1 aromatic carbocycles. The Balaban J connectivity index is 2.48. The minimum absolute atomic E-state index is 0.774. The first-order valence-electron chi connectivity index (χ1n) is 6.88. The summed E-state index contributed by atoms with van der Waals surface area (Å²) in [6.07, 6.45) is 1.06. The zero-order chi connectivity index (χ0) is 14.7. The molecule has 0 aliphatic rings. The van der Waals surface area contributed by atoms with E-state index in [0.29, 0.717) is 0 Å². The van der Waals surface area contributed by atoms with Gasteiger partial charge < -0.3 is 5.32 Å². The first kappa shape index (κ1) is 15.0. The molecule has 0 amide bonds. The van der Waals surface area contributed by atoms with Crippen molar-refractivity contribution in [1.82, 2.24) is 9.97 Å². The van der Waals surface area contributed by atoms with Crippen molar-refractivity contribution in [2.45, 2.75) is 34.1 Å². The molecule has 0 fully saturated rings. The van der Waals surface area contributed by atoms with E-state index in [1.54, 1.807) is 0 Å². The summed E-state index contributed by atoms with van der Waals surface area (Å²) < 4.78 is 0.944. The highest BCUT2D eigenvalue weighted by molar-refractivity contribution is 9.10. The lowest BCUT2D eigenvalue weighted by atomic mass is 10.1. The first-order chi connectivity index (χ1) is 9.51. The summed E-state index contributed by atoms with van der Waals surface area (Å²) in [5.74, 6) is 1.64. The molecule has 0 spiro atoms. The van der Waals surface area contributed by atoms with E-state index in [2.05, 4.69) is 70.2 Å². The Bertz CT molecular complexity index is 603. The Labute approximate surface area is 129 Å². The zero-order valence-corrected chi connectivity index (χ0v) is 14.0. The van der Waals surface area contributed by atoms with Crippen molar-refractivity contribution in [3.05, 3.63) is 39.5 Å². The Morgan fingerprint density at radius 2 is 1.70 bits per heavy atom. The third-order valence-corrected chi connectivity index (χ3v) is 3.99. The molecule has 0 saturated heterocycles. The molecule has 0 aliphatic heterocycles. The Morgan fingerprint density at radius 1 is 1.05 bits per heavy atom. The molecule has 20 heavy (non-hydrogen) atoms. The van der Waals surface area contributed by atoms with Crippen LogP contribution in [0.2, 0.25) is 0 Å². The fraction of sp³-hybridized carbons (Fsp3) is 0.375. The molecule has 0 radical (unpaired) electrons. The number of aryl methyl sites for hydroxylation is 3. The fourth-order valence-electron chi connectivity index (χ4n) is 2.15. The van der Waals surface area contributed by atoms with Crippen LogP contribution in [0.4, 0.5) is 5.82 Å². The normalized spacial score (nSPS) is 10.7. The van der Waals surface area contributed by atoms with Gasteiger partial charge in [0.2, 0.25) is 0 Å². The van der Waals surface area contributed by atoms with Crippen LogP contribution in [0.5, 0.6) is 0 Å². The number of nitrogens with zero attached hydrogens (tertiary/aromatic N) is 2. The summed E-state index contributed by atoms with van der Waals surface area (Å²) in [5, 5.41) is 3.34. The van der Waals surface area contributed by atoms with Crippen LogP contribution in [-0.4, -0.2) is 16.5 Å². The number of halogens is 1. The quantitative estimate of drug-likeness (QED) is 0.884. The number of hydrogen-bond donors (Lipinski definition) is 1. The summed E-state index contributed by atoms with van der Waals surface area (Å²) in [6, 6.07) is 6.41. The largest absolute Gasteiger partial charge is 0.369 e. The third-order valence-electron chi connectivity index (χ3n) is 3.04. The number of hydrogen-bond acceptors (Lipinski definition) is 3. The predicted octanol–water partition coefficient (Wildman–Crippen LogP) is 4.65. The van der Waals surface area contributed by atoms with Crippen LogP contribution in [0.25, 0.3) is 11.4 Å². The minimum Gasteiger partial charge on any atom is -0.369 e. The molecule has 1 heterocycles. The van der Waals surface area contributed by atoms with E-state index in [-0.39, 0.29) is 0 Å². The lowest BCUT2D eigenvalue weighted by molar-refractivity contribution is 0.958. The molecule has 2 aromatic rings. The predicted molar refractivity (Wildman–Crippen MR) is 88.2 cm³/mol. The monoisotopic (exact) mass is 333 g/mol. The average Bonchev–Trinajstić information content (AvgIpc) is 2.39. The van der Waals surface area contributed by atoms with Crippen LogP contribution in [0.15, 0.2) is 22.7 Å². The van der Waals surface area contributed by atoms with Gasteiger partial charge in [0.05, 0.1) is 10.2 Å². The van der Waals surface area contributed by atoms with Crippen LogP contribution in [0.3, 0.4) is 0 Å². The number of anilines is 1. The smallest absolute Gasteiger partial charge is 0.161 e. The van der Waals surface area contributed by atoms with Crippen molar-refractivity contribution in [2.24, 2.45) is 0 Å². The maximum Gasteiger partial charge on any atom is 0.161 e. The van der Waals surface area contributed by atoms with E-state index in [1.165, 1.54) is 11.1 Å². The highest BCUT2D eigenvalue weighted by Gasteiger charge is 2.11. The van der Waals surface area contributed by atoms with E-state index in [1.807, 2.05) is 6.92 Å². The molecule has 4 heteroatoms. The van der Waals surface area contributed by atoms with Crippen LogP contribution < -0.4 is 5.32 Å². The van der Waals surface area contributed by atoms with Crippen LogP contribution in [-0.2, 0) is 0 Å². The zero-order valence-electron chi connectivity index (χ0n) is 12.4. The molecule has 0 aliphatic carbocycles. The lowest BCUT2D eigenvalue weighted by Gasteiger charge is -2.11. The molecule has 0 saturated carbocycles. The fourth-order valence-corrected chi connectivity index (χ4v) is 2.47. The highest BCUT2D eigenvalue weighted by atomic mass is 79.9. The maximum atomic E-state index is 4.65. The van der Waals surface area contributed by atoms with Gasteiger partial charge in [-0.25, -0.2) is 9.97 Å². The molecular weight excluding hydrogens is 314 g/mol. The van der Waals surface area contributed by atoms with Gasteiger partial charge in [0.25, 0.3) is 0 Å². The van der Waals surface area contributed by atoms with Crippen molar-refractivity contribution in [3.8, 4) is 11.4 Å². The molecule has 1 aromatic heterocycles. The van der Waals surface area contributed by atoms with Crippen LogP contribution in [0.1, 0.15) is 30.2 Å². The maximum absolute atomic E-state index is 4.65. The number of rotatable bonds is 4. The number of aromatic nitrogens is 2. The molecule has 1 N–H and O–H groups in total. The van der Waals surface area contributed by atoms with Gasteiger partial charge in [-0.3, -0.25) is 0 Å². The van der Waals surface area contributed by atoms with Crippen LogP contribution >= 0.6 is 15.9 Å². The lowest BCUT2D eigenvalue weighted by Crippen LogP contribution is -2.06. The van der Waals surface area contributed by atoms with Gasteiger partial charge in [-0.05, 0) is 55.3 Å². The summed E-state index contributed by atoms with van der Waals surface area (Å²) >= 11 is 3.56. The van der Waals surface area contributed by atoms with E-state index >= 15 is 0 Å². The van der Waals surface area contributed by atoms with Gasteiger partial charge in [-0.15, -0.1) is 0 Å². The second kappa shape index (κ2) is 6.35. The highest BCUT2D eigenvalue weighted by Crippen LogP contribution is 2.27. The van der Waals surface area contributed by atoms with Gasteiger partial charge in [0.1, 0.15) is 5.82 Å². The van der Waals surface area contributed by atoms with E-state index in [4.69, 9.17) is 0 Å². The Hall–Kier alpha value is -1.42. The standard InChI is InChI=1S/C16H20BrN3/c1-5-6-18-16-14(17)12(4)19-15(20-16)13-8-10(2)7-11(3)9-13/h7-9H,5-6H2,1-4H3,(H,18,19,20). The topological polar surface area (TPSA) is 37.8 Å². The molecule has 0 unspecified atom stereocenters. The molecule has 0 atom stereocenters. The Morgan fingerprint density at radius 3 is 2.30 bits per heavy atom. The molecular formula is C16H20BrN3. The van der Waals surface area contributed by atoms with Crippen molar-refractivity contribution < 1.29 is 0 Å². The van der Waals surface area contributed by atoms with Crippen LogP contribution in [0, 0.1) is 20.8 Å². The van der Waals surface area contributed by atoms with Gasteiger partial charge in [-0.2, -0.15) is 0 Å². The van der Waals surface area contributed by atoms with Crippen molar-refractivity contribution in [1.29, 1.82) is 0 Å². The molecule has 106 valence electrons. The van der Waals surface area contributed by atoms with Gasteiger partial charge in [0.15, 0.2) is 5.82 Å². The number of nitrogens with one attached hydrogen (secondary N) is 1. The SMILES string of the molecule is CCCNc1nc(-c2cc(C)cc(C)c2)nc(C)c1Br. The minimum atomic E-state index is 0.774. The molecule has 2 rings (SSSR count). The third kappa shape index (κ3) is 3.37. The van der Waals surface area contributed by atoms with Crippen molar-refractivity contribution in [2.75, 3.05) is 11.9 Å². The van der Waals surface area contributed by atoms with E-state index in [9.17, 15) is 0 Å². The summed E-state index contributed by atoms with van der Waals surface area (Å²) in [7, 11) is 0. The Kier molecular flexibility index (Phi) is 4.76. The van der Waals surface area contributed by atoms with Crippen molar-refractivity contribution in [3.63, 3.8) is 0 Å². The van der Waals surface area contributed by atoms with Gasteiger partial charge >= 0.3 is 0 Å². The van der Waals surface area contributed by atoms with Gasteiger partial charge in [0, 0.05) is 12.1 Å². The van der Waals surface area contributed by atoms with E-state index in [0.717, 1.165) is 40.3 Å². The van der Waals surface area contributed by atoms with E-state index < -0.39 is 0 Å². The second-order valence-electron chi connectivity index (χ2n) is 5.10. The average molecular weight is 334 g/mol. The second-order valence-corrected chi connectivity index (χ2v) is 5.89. The number of benzene rings is 1.